The van der Waals surface area contributed by atoms with E-state index in [-0.39, 0.29) is 18.6 Å². The highest BCUT2D eigenvalue weighted by Gasteiger charge is 2.32. The summed E-state index contributed by atoms with van der Waals surface area (Å²) in [5, 5.41) is 12.3. The number of carbonyl (C=O) groups is 2. The zero-order chi connectivity index (χ0) is 19.1. The highest BCUT2D eigenvalue weighted by atomic mass is 16.4. The van der Waals surface area contributed by atoms with Gasteiger partial charge in [-0.15, -0.1) is 0 Å². The molecule has 2 aliphatic rings. The second-order valence-corrected chi connectivity index (χ2v) is 8.39. The Hall–Kier alpha value is -1.30. The molecule has 2 atom stereocenters. The van der Waals surface area contributed by atoms with Crippen LogP contribution >= 0.6 is 0 Å². The van der Waals surface area contributed by atoms with E-state index in [2.05, 4.69) is 19.2 Å². The average molecular weight is 368 g/mol. The number of aliphatic carboxylic acids is 1. The first-order valence-corrected chi connectivity index (χ1v) is 10.4. The average Bonchev–Trinajstić information content (AvgIpc) is 3.04. The molecule has 1 saturated carbocycles. The highest BCUT2D eigenvalue weighted by molar-refractivity contribution is 5.74. The summed E-state index contributed by atoms with van der Waals surface area (Å²) in [5.41, 5.74) is 0. The first kappa shape index (κ1) is 21.0. The molecular weight excluding hydrogens is 330 g/mol. The third-order valence-electron chi connectivity index (χ3n) is 6.10. The van der Waals surface area contributed by atoms with Gasteiger partial charge in [-0.25, -0.2) is 4.79 Å². The molecule has 0 radical (unpaired) electrons. The van der Waals surface area contributed by atoms with Crippen molar-refractivity contribution < 1.29 is 14.7 Å². The predicted molar refractivity (Wildman–Crippen MR) is 103 cm³/mol. The molecule has 1 saturated heterocycles. The van der Waals surface area contributed by atoms with Crippen LogP contribution in [0.5, 0.6) is 0 Å². The Morgan fingerprint density at radius 2 is 1.88 bits per heavy atom. The first-order valence-electron chi connectivity index (χ1n) is 10.4. The molecular formula is C20H37N3O3. The number of carbonyl (C=O) groups excluding carboxylic acids is 1. The summed E-state index contributed by atoms with van der Waals surface area (Å²) in [4.78, 5) is 27.6. The van der Waals surface area contributed by atoms with Crippen molar-refractivity contribution in [1.82, 2.24) is 15.1 Å². The molecule has 6 heteroatoms. The number of carboxylic acid groups (broad SMARTS) is 1. The third-order valence-corrected chi connectivity index (χ3v) is 6.10. The van der Waals surface area contributed by atoms with Gasteiger partial charge in [0.2, 0.25) is 0 Å². The molecule has 0 bridgehead atoms. The molecule has 0 aromatic carbocycles. The monoisotopic (exact) mass is 367 g/mol. The van der Waals surface area contributed by atoms with Crippen LogP contribution in [0.3, 0.4) is 0 Å². The van der Waals surface area contributed by atoms with Crippen LogP contribution in [-0.4, -0.2) is 65.2 Å². The maximum Gasteiger partial charge on any atom is 0.317 e. The van der Waals surface area contributed by atoms with Crippen LogP contribution in [-0.2, 0) is 4.79 Å². The predicted octanol–water partition coefficient (Wildman–Crippen LogP) is 3.17. The van der Waals surface area contributed by atoms with E-state index in [0.717, 1.165) is 44.8 Å². The van der Waals surface area contributed by atoms with Crippen LogP contribution < -0.4 is 5.32 Å². The van der Waals surface area contributed by atoms with Crippen LogP contribution in [0.25, 0.3) is 0 Å². The minimum absolute atomic E-state index is 0.0752. The van der Waals surface area contributed by atoms with E-state index in [9.17, 15) is 9.59 Å². The number of likely N-dealkylation sites (N-methyl/N-ethyl adjacent to an activating group) is 1. The lowest BCUT2D eigenvalue weighted by atomic mass is 9.94. The van der Waals surface area contributed by atoms with Crippen molar-refractivity contribution in [1.29, 1.82) is 0 Å². The quantitative estimate of drug-likeness (QED) is 0.691. The number of nitrogens with zero attached hydrogens (tertiary/aromatic N) is 2. The van der Waals surface area contributed by atoms with Crippen LogP contribution in [0.15, 0.2) is 0 Å². The summed E-state index contributed by atoms with van der Waals surface area (Å²) in [6, 6.07) is 0.676. The minimum Gasteiger partial charge on any atom is -0.480 e. The molecule has 6 nitrogen and oxygen atoms in total. The molecule has 1 aliphatic heterocycles. The molecule has 150 valence electrons. The number of hydrogen-bond donors (Lipinski definition) is 2. The lowest BCUT2D eigenvalue weighted by Crippen LogP contribution is -2.52. The molecule has 2 amide bonds. The summed E-state index contributed by atoms with van der Waals surface area (Å²) in [7, 11) is 0. The Morgan fingerprint density at radius 1 is 1.19 bits per heavy atom. The number of amides is 2. The third kappa shape index (κ3) is 6.15. The van der Waals surface area contributed by atoms with Gasteiger partial charge in [0.15, 0.2) is 0 Å². The zero-order valence-electron chi connectivity index (χ0n) is 16.7. The molecule has 0 aromatic rings. The molecule has 0 aromatic heterocycles. The maximum atomic E-state index is 12.7. The largest absolute Gasteiger partial charge is 0.480 e. The minimum atomic E-state index is -0.777. The van der Waals surface area contributed by atoms with E-state index in [1.54, 1.807) is 0 Å². The van der Waals surface area contributed by atoms with E-state index >= 15 is 0 Å². The lowest BCUT2D eigenvalue weighted by Gasteiger charge is -2.38. The second-order valence-electron chi connectivity index (χ2n) is 8.39. The van der Waals surface area contributed by atoms with E-state index in [0.29, 0.717) is 12.0 Å². The Bertz CT molecular complexity index is 461. The van der Waals surface area contributed by atoms with E-state index in [1.165, 1.54) is 25.7 Å². The van der Waals surface area contributed by atoms with E-state index in [4.69, 9.17) is 5.11 Å². The summed E-state index contributed by atoms with van der Waals surface area (Å²) < 4.78 is 0. The molecule has 1 aliphatic carbocycles. The van der Waals surface area contributed by atoms with Crippen molar-refractivity contribution in [3.8, 4) is 0 Å². The van der Waals surface area contributed by atoms with Crippen LogP contribution in [0.2, 0.25) is 0 Å². The Morgan fingerprint density at radius 3 is 2.46 bits per heavy atom. The van der Waals surface area contributed by atoms with Gasteiger partial charge in [0, 0.05) is 25.2 Å². The number of rotatable bonds is 8. The summed E-state index contributed by atoms with van der Waals surface area (Å²) in [5.74, 6) is 0.573. The van der Waals surface area contributed by atoms with Crippen molar-refractivity contribution in [2.24, 2.45) is 11.8 Å². The summed E-state index contributed by atoms with van der Waals surface area (Å²) in [6.07, 6.45) is 7.72. The lowest BCUT2D eigenvalue weighted by molar-refractivity contribution is -0.139. The second kappa shape index (κ2) is 10.1. The number of piperidine rings is 1. The number of urea groups is 1. The van der Waals surface area contributed by atoms with Crippen molar-refractivity contribution in [2.45, 2.75) is 77.8 Å². The molecule has 0 spiro atoms. The van der Waals surface area contributed by atoms with Crippen LogP contribution in [0.4, 0.5) is 4.79 Å². The van der Waals surface area contributed by atoms with Gasteiger partial charge in [-0.2, -0.15) is 0 Å². The Kier molecular flexibility index (Phi) is 8.19. The molecule has 1 heterocycles. The molecule has 2 fully saturated rings. The van der Waals surface area contributed by atoms with Crippen molar-refractivity contribution in [3.63, 3.8) is 0 Å². The number of hydrogen-bond acceptors (Lipinski definition) is 3. The fourth-order valence-corrected chi connectivity index (χ4v) is 4.48. The maximum absolute atomic E-state index is 12.7. The zero-order valence-corrected chi connectivity index (χ0v) is 16.7. The topological polar surface area (TPSA) is 72.9 Å². The molecule has 2 unspecified atom stereocenters. The van der Waals surface area contributed by atoms with Crippen molar-refractivity contribution in [3.05, 3.63) is 0 Å². The molecule has 26 heavy (non-hydrogen) atoms. The molecule has 2 rings (SSSR count). The number of likely N-dealkylation sites (tertiary alicyclic amines) is 1. The van der Waals surface area contributed by atoms with Gasteiger partial charge in [0.25, 0.3) is 0 Å². The number of carboxylic acids is 1. The Labute approximate surface area is 158 Å². The van der Waals surface area contributed by atoms with Gasteiger partial charge in [0.1, 0.15) is 0 Å². The van der Waals surface area contributed by atoms with Gasteiger partial charge < -0.3 is 15.3 Å². The van der Waals surface area contributed by atoms with Gasteiger partial charge in [0.05, 0.1) is 6.54 Å². The first-order chi connectivity index (χ1) is 12.4. The summed E-state index contributed by atoms with van der Waals surface area (Å²) >= 11 is 0. The van der Waals surface area contributed by atoms with Crippen molar-refractivity contribution in [2.75, 3.05) is 26.2 Å². The Balaban J connectivity index is 1.78. The SMILES string of the molecule is CCN(CC(=O)O)C1CCN(C(=O)NC2CCCC2CCC(C)C)CC1. The van der Waals surface area contributed by atoms with Crippen LogP contribution in [0.1, 0.15) is 65.7 Å². The number of nitrogens with one attached hydrogen (secondary N) is 1. The van der Waals surface area contributed by atoms with Gasteiger partial charge in [-0.3, -0.25) is 9.69 Å². The van der Waals surface area contributed by atoms with E-state index < -0.39 is 5.97 Å². The highest BCUT2D eigenvalue weighted by Crippen LogP contribution is 2.31. The molecule has 2 N–H and O–H groups in total. The van der Waals surface area contributed by atoms with Gasteiger partial charge in [-0.05, 0) is 50.5 Å². The fourth-order valence-electron chi connectivity index (χ4n) is 4.48. The van der Waals surface area contributed by atoms with Crippen molar-refractivity contribution >= 4 is 12.0 Å². The van der Waals surface area contributed by atoms with E-state index in [1.807, 2.05) is 16.7 Å². The smallest absolute Gasteiger partial charge is 0.317 e. The van der Waals surface area contributed by atoms with Crippen LogP contribution in [0, 0.1) is 11.8 Å². The summed E-state index contributed by atoms with van der Waals surface area (Å²) in [6.45, 7) is 8.79. The normalized spacial score (nSPS) is 24.4. The van der Waals surface area contributed by atoms with Gasteiger partial charge >= 0.3 is 12.0 Å². The fraction of sp³-hybridized carbons (Fsp3) is 0.900. The standard InChI is InChI=1S/C20H37N3O3/c1-4-22(14-19(24)25)17-10-12-23(13-11-17)20(26)21-18-7-5-6-16(18)9-8-15(2)3/h15-18H,4-14H2,1-3H3,(H,21,26)(H,24,25). The van der Waals surface area contributed by atoms with Gasteiger partial charge in [-0.1, -0.05) is 33.6 Å².